The molecule has 2 aromatic rings. The summed E-state index contributed by atoms with van der Waals surface area (Å²) in [5.74, 6) is -0.949. The normalized spacial score (nSPS) is 11.7. The molecule has 1 atom stereocenters. The molecule has 0 saturated carbocycles. The van der Waals surface area contributed by atoms with Gasteiger partial charge in [-0.2, -0.15) is 5.10 Å². The third kappa shape index (κ3) is 6.29. The Hall–Kier alpha value is -2.24. The second-order valence-corrected chi connectivity index (χ2v) is 6.41. The molecular formula is C19H28F2N2O2. The fraction of sp³-hybridized carbons (Fsp3) is 0.474. The third-order valence-electron chi connectivity index (χ3n) is 3.27. The van der Waals surface area contributed by atoms with Crippen molar-refractivity contribution in [2.75, 3.05) is 0 Å². The smallest absolute Gasteiger partial charge is 0.313 e. The largest absolute Gasteiger partial charge is 0.460 e. The Morgan fingerprint density at radius 3 is 2.40 bits per heavy atom. The van der Waals surface area contributed by atoms with Crippen LogP contribution in [-0.2, 0) is 9.53 Å². The number of ether oxygens (including phenoxy) is 1. The van der Waals surface area contributed by atoms with E-state index in [0.717, 1.165) is 11.3 Å². The van der Waals surface area contributed by atoms with Crippen LogP contribution >= 0.6 is 0 Å². The number of benzene rings is 1. The molecule has 1 unspecified atom stereocenters. The quantitative estimate of drug-likeness (QED) is 0.733. The molecule has 1 aromatic carbocycles. The summed E-state index contributed by atoms with van der Waals surface area (Å²) in [7, 11) is 0. The number of halogens is 2. The Labute approximate surface area is 148 Å². The summed E-state index contributed by atoms with van der Waals surface area (Å²) in [6, 6.07) is 4.77. The number of rotatable bonds is 3. The predicted molar refractivity (Wildman–Crippen MR) is 96.4 cm³/mol. The van der Waals surface area contributed by atoms with Gasteiger partial charge in [0.05, 0.1) is 17.8 Å². The summed E-state index contributed by atoms with van der Waals surface area (Å²) < 4.78 is 20.3. The van der Waals surface area contributed by atoms with Gasteiger partial charge in [0.1, 0.15) is 11.4 Å². The summed E-state index contributed by atoms with van der Waals surface area (Å²) in [5, 5.41) is 4.24. The highest BCUT2D eigenvalue weighted by atomic mass is 19.1. The zero-order chi connectivity index (χ0) is 18.5. The van der Waals surface area contributed by atoms with E-state index in [1.54, 1.807) is 43.1 Å². The van der Waals surface area contributed by atoms with Gasteiger partial charge in [-0.25, -0.2) is 9.07 Å². The lowest BCUT2D eigenvalue weighted by Crippen LogP contribution is -2.26. The first-order valence-electron chi connectivity index (χ1n) is 8.21. The minimum atomic E-state index is -0.518. The molecule has 0 N–H and O–H groups in total. The van der Waals surface area contributed by atoms with Crippen LogP contribution in [0.15, 0.2) is 30.6 Å². The van der Waals surface area contributed by atoms with Crippen LogP contribution in [0.4, 0.5) is 9.09 Å². The fourth-order valence-corrected chi connectivity index (χ4v) is 2.00. The van der Waals surface area contributed by atoms with Gasteiger partial charge in [0.25, 0.3) is 0 Å². The molecule has 0 aliphatic heterocycles. The van der Waals surface area contributed by atoms with E-state index in [9.17, 15) is 9.18 Å². The molecule has 0 amide bonds. The molecule has 0 saturated heterocycles. The van der Waals surface area contributed by atoms with Crippen LogP contribution in [0.25, 0.3) is 5.69 Å². The Kier molecular flexibility index (Phi) is 8.46. The number of aryl methyl sites for hydroxylation is 1. The van der Waals surface area contributed by atoms with Crippen molar-refractivity contribution in [3.05, 3.63) is 47.5 Å². The van der Waals surface area contributed by atoms with Gasteiger partial charge in [-0.15, -0.1) is 0 Å². The first kappa shape index (κ1) is 22.8. The molecule has 0 bridgehead atoms. The molecule has 1 heterocycles. The van der Waals surface area contributed by atoms with Crippen molar-refractivity contribution in [2.24, 2.45) is 0 Å². The van der Waals surface area contributed by atoms with Crippen LogP contribution in [-0.4, -0.2) is 21.4 Å². The van der Waals surface area contributed by atoms with Gasteiger partial charge in [-0.05, 0) is 58.4 Å². The van der Waals surface area contributed by atoms with Crippen molar-refractivity contribution >= 4 is 5.97 Å². The molecule has 6 heteroatoms. The van der Waals surface area contributed by atoms with Crippen molar-refractivity contribution < 1.29 is 18.6 Å². The molecule has 0 radical (unpaired) electrons. The van der Waals surface area contributed by atoms with Gasteiger partial charge >= 0.3 is 5.97 Å². The van der Waals surface area contributed by atoms with E-state index in [0.29, 0.717) is 5.56 Å². The van der Waals surface area contributed by atoms with Crippen molar-refractivity contribution in [3.8, 4) is 5.69 Å². The molecule has 2 rings (SSSR count). The summed E-state index contributed by atoms with van der Waals surface area (Å²) in [4.78, 5) is 12.1. The van der Waals surface area contributed by atoms with E-state index in [2.05, 4.69) is 5.10 Å². The Morgan fingerprint density at radius 2 is 1.88 bits per heavy atom. The molecule has 0 aliphatic rings. The zero-order valence-electron chi connectivity index (χ0n) is 16.0. The lowest BCUT2D eigenvalue weighted by molar-refractivity contribution is -0.156. The van der Waals surface area contributed by atoms with E-state index in [4.69, 9.17) is 4.74 Å². The summed E-state index contributed by atoms with van der Waals surface area (Å²) >= 11 is 0. The first-order chi connectivity index (χ1) is 11.2. The number of hydrogen-bond acceptors (Lipinski definition) is 3. The van der Waals surface area contributed by atoms with E-state index < -0.39 is 11.5 Å². The summed E-state index contributed by atoms with van der Waals surface area (Å²) in [6.45, 7) is 13.0. The van der Waals surface area contributed by atoms with Crippen LogP contribution in [0.2, 0.25) is 0 Å². The fourth-order valence-electron chi connectivity index (χ4n) is 2.00. The minimum absolute atomic E-state index is 0. The highest BCUT2D eigenvalue weighted by Gasteiger charge is 2.24. The SMILES string of the molecule is CC.Cc1cc(-n2cc(C(C)C(=O)OC(C)(C)C)cn2)ccc1F.F. The van der Waals surface area contributed by atoms with Gasteiger partial charge in [0.15, 0.2) is 0 Å². The van der Waals surface area contributed by atoms with Crippen molar-refractivity contribution in [2.45, 2.75) is 60.0 Å². The standard InChI is InChI=1S/C17H21FN2O2.C2H6.FH/c1-11-8-14(6-7-15(11)18)20-10-13(9-19-20)12(2)16(21)22-17(3,4)5;1-2;/h6-10,12H,1-5H3;1-2H3;1H. The molecular weight excluding hydrogens is 326 g/mol. The summed E-state index contributed by atoms with van der Waals surface area (Å²) in [6.07, 6.45) is 3.40. The van der Waals surface area contributed by atoms with Crippen molar-refractivity contribution in [3.63, 3.8) is 0 Å². The molecule has 1 aromatic heterocycles. The highest BCUT2D eigenvalue weighted by molar-refractivity contribution is 5.77. The maximum Gasteiger partial charge on any atom is 0.313 e. The van der Waals surface area contributed by atoms with E-state index in [1.807, 2.05) is 34.6 Å². The lowest BCUT2D eigenvalue weighted by atomic mass is 10.1. The zero-order valence-corrected chi connectivity index (χ0v) is 16.0. The molecule has 140 valence electrons. The number of carbonyl (C=O) groups excluding carboxylic acids is 1. The maximum absolute atomic E-state index is 13.3. The predicted octanol–water partition coefficient (Wildman–Crippen LogP) is 4.94. The van der Waals surface area contributed by atoms with Gasteiger partial charge in [0, 0.05) is 11.8 Å². The number of carbonyl (C=O) groups is 1. The average molecular weight is 354 g/mol. The van der Waals surface area contributed by atoms with Crippen molar-refractivity contribution in [1.82, 2.24) is 9.78 Å². The lowest BCUT2D eigenvalue weighted by Gasteiger charge is -2.21. The number of aromatic nitrogens is 2. The molecule has 25 heavy (non-hydrogen) atoms. The molecule has 0 spiro atoms. The van der Waals surface area contributed by atoms with E-state index in [-0.39, 0.29) is 16.5 Å². The van der Waals surface area contributed by atoms with Crippen LogP contribution in [0.1, 0.15) is 58.6 Å². The Morgan fingerprint density at radius 1 is 1.28 bits per heavy atom. The maximum atomic E-state index is 13.3. The number of nitrogens with zero attached hydrogens (tertiary/aromatic N) is 2. The van der Waals surface area contributed by atoms with Crippen molar-refractivity contribution in [1.29, 1.82) is 0 Å². The van der Waals surface area contributed by atoms with Gasteiger partial charge in [0.2, 0.25) is 0 Å². The minimum Gasteiger partial charge on any atom is -0.460 e. The molecule has 0 aliphatic carbocycles. The second kappa shape index (κ2) is 9.30. The van der Waals surface area contributed by atoms with E-state index >= 15 is 0 Å². The van der Waals surface area contributed by atoms with Crippen LogP contribution in [0.5, 0.6) is 0 Å². The highest BCUT2D eigenvalue weighted by Crippen LogP contribution is 2.21. The third-order valence-corrected chi connectivity index (χ3v) is 3.27. The topological polar surface area (TPSA) is 44.1 Å². The summed E-state index contributed by atoms with van der Waals surface area (Å²) in [5.41, 5.74) is 1.54. The van der Waals surface area contributed by atoms with Crippen LogP contribution in [0.3, 0.4) is 0 Å². The monoisotopic (exact) mass is 354 g/mol. The number of hydrogen-bond donors (Lipinski definition) is 0. The molecule has 4 nitrogen and oxygen atoms in total. The Balaban J connectivity index is 0.00000185. The Bertz CT molecular complexity index is 691. The molecule has 0 fully saturated rings. The first-order valence-corrected chi connectivity index (χ1v) is 8.21. The van der Waals surface area contributed by atoms with Crippen LogP contribution < -0.4 is 0 Å². The number of esters is 1. The van der Waals surface area contributed by atoms with Gasteiger partial charge < -0.3 is 4.74 Å². The average Bonchev–Trinajstić information content (AvgIpc) is 2.99. The van der Waals surface area contributed by atoms with Crippen LogP contribution in [0, 0.1) is 12.7 Å². The van der Waals surface area contributed by atoms with E-state index in [1.165, 1.54) is 6.07 Å². The van der Waals surface area contributed by atoms with Gasteiger partial charge in [-0.1, -0.05) is 13.8 Å². The van der Waals surface area contributed by atoms with Gasteiger partial charge in [-0.3, -0.25) is 9.50 Å². The second-order valence-electron chi connectivity index (χ2n) is 6.41.